The molecule has 0 spiro atoms. The van der Waals surface area contributed by atoms with E-state index in [1.807, 2.05) is 0 Å². The first-order valence-corrected chi connectivity index (χ1v) is 4.43. The summed E-state index contributed by atoms with van der Waals surface area (Å²) >= 11 is 0. The third-order valence-corrected chi connectivity index (χ3v) is 1.26. The summed E-state index contributed by atoms with van der Waals surface area (Å²) in [5.74, 6) is -1.17. The lowest BCUT2D eigenvalue weighted by atomic mass is 10.5. The highest BCUT2D eigenvalue weighted by Gasteiger charge is 2.11. The number of esters is 2. The molecule has 0 saturated carbocycles. The van der Waals surface area contributed by atoms with Crippen molar-refractivity contribution in [1.29, 1.82) is 0 Å². The van der Waals surface area contributed by atoms with Gasteiger partial charge in [0.25, 0.3) is 6.29 Å². The van der Waals surface area contributed by atoms with E-state index in [4.69, 9.17) is 9.47 Å². The molecule has 0 saturated heterocycles. The monoisotopic (exact) mass is 210 g/mol. The van der Waals surface area contributed by atoms with Gasteiger partial charge in [-0.2, -0.15) is 0 Å². The Bertz CT molecular complexity index is 263. The highest BCUT2D eigenvalue weighted by Crippen LogP contribution is 1.99. The van der Waals surface area contributed by atoms with Crippen molar-refractivity contribution >= 4 is 11.9 Å². The molecule has 0 amide bonds. The number of allylic oxidation sites excluding steroid dienone is 2. The molecule has 0 aliphatic heterocycles. The maximum absolute atomic E-state index is 11.0. The van der Waals surface area contributed by atoms with E-state index < -0.39 is 18.2 Å². The van der Waals surface area contributed by atoms with Crippen molar-refractivity contribution < 1.29 is 19.1 Å². The van der Waals surface area contributed by atoms with Crippen LogP contribution >= 0.6 is 0 Å². The molecule has 82 valence electrons. The van der Waals surface area contributed by atoms with Gasteiger partial charge in [-0.3, -0.25) is 0 Å². The molecule has 15 heavy (non-hydrogen) atoms. The predicted octanol–water partition coefficient (Wildman–Crippen LogP) is 1.74. The molecule has 0 aromatic rings. The summed E-state index contributed by atoms with van der Waals surface area (Å²) in [5, 5.41) is 0. The Balaban J connectivity index is 4.20. The molecular weight excluding hydrogens is 196 g/mol. The first-order chi connectivity index (χ1) is 7.13. The number of hydrogen-bond acceptors (Lipinski definition) is 4. The van der Waals surface area contributed by atoms with Gasteiger partial charge in [-0.05, 0) is 19.9 Å². The Kier molecular flexibility index (Phi) is 6.63. The molecule has 0 unspecified atom stereocenters. The minimum absolute atomic E-state index is 0.587. The first kappa shape index (κ1) is 13.2. The van der Waals surface area contributed by atoms with E-state index in [0.717, 1.165) is 0 Å². The standard InChI is InChI=1S/C11H14O4/c1-4-7-9(12)14-11(6-3)15-10(13)8-5-2/h4-8,11H,3H2,1-2H3/b7-4-,8-5-. The van der Waals surface area contributed by atoms with Crippen LogP contribution in [0.1, 0.15) is 13.8 Å². The molecule has 0 N–H and O–H groups in total. The van der Waals surface area contributed by atoms with Crippen LogP contribution in [0.15, 0.2) is 37.0 Å². The van der Waals surface area contributed by atoms with Crippen LogP contribution in [0.5, 0.6) is 0 Å². The van der Waals surface area contributed by atoms with Gasteiger partial charge in [0.15, 0.2) is 0 Å². The van der Waals surface area contributed by atoms with Gasteiger partial charge in [-0.25, -0.2) is 9.59 Å². The number of ether oxygens (including phenoxy) is 2. The molecule has 0 bridgehead atoms. The van der Waals surface area contributed by atoms with Crippen LogP contribution in [-0.4, -0.2) is 18.2 Å². The molecular formula is C11H14O4. The maximum Gasteiger partial charge on any atom is 0.333 e. The van der Waals surface area contributed by atoms with E-state index in [0.29, 0.717) is 0 Å². The molecule has 0 atom stereocenters. The largest absolute Gasteiger partial charge is 0.418 e. The molecule has 0 aromatic carbocycles. The average Bonchev–Trinajstić information content (AvgIpc) is 2.17. The summed E-state index contributed by atoms with van der Waals surface area (Å²) in [6.45, 7) is 6.74. The smallest absolute Gasteiger partial charge is 0.333 e. The van der Waals surface area contributed by atoms with Crippen LogP contribution < -0.4 is 0 Å². The van der Waals surface area contributed by atoms with Crippen molar-refractivity contribution in [2.24, 2.45) is 0 Å². The van der Waals surface area contributed by atoms with E-state index in [-0.39, 0.29) is 0 Å². The summed E-state index contributed by atoms with van der Waals surface area (Å²) in [6, 6.07) is 0. The topological polar surface area (TPSA) is 52.6 Å². The van der Waals surface area contributed by atoms with Gasteiger partial charge in [0.1, 0.15) is 0 Å². The van der Waals surface area contributed by atoms with Gasteiger partial charge in [0.2, 0.25) is 0 Å². The van der Waals surface area contributed by atoms with Crippen LogP contribution in [-0.2, 0) is 19.1 Å². The number of carbonyl (C=O) groups excluding carboxylic acids is 2. The second-order valence-electron chi connectivity index (χ2n) is 2.48. The number of rotatable bonds is 5. The van der Waals surface area contributed by atoms with Gasteiger partial charge in [-0.15, -0.1) is 0 Å². The fourth-order valence-corrected chi connectivity index (χ4v) is 0.700. The van der Waals surface area contributed by atoms with Crippen molar-refractivity contribution in [3.63, 3.8) is 0 Å². The third kappa shape index (κ3) is 6.26. The summed E-state index contributed by atoms with van der Waals surface area (Å²) in [4.78, 5) is 22.0. The SMILES string of the molecule is C=CC(OC(=O)/C=C\C)OC(=O)/C=C\C. The van der Waals surface area contributed by atoms with Gasteiger partial charge < -0.3 is 9.47 Å². The minimum atomic E-state index is -1.06. The minimum Gasteiger partial charge on any atom is -0.418 e. The summed E-state index contributed by atoms with van der Waals surface area (Å²) in [6.07, 6.45) is 5.66. The fraction of sp³-hybridized carbons (Fsp3) is 0.273. The van der Waals surface area contributed by atoms with Gasteiger partial charge in [-0.1, -0.05) is 18.7 Å². The third-order valence-electron chi connectivity index (χ3n) is 1.26. The zero-order valence-electron chi connectivity index (χ0n) is 8.80. The van der Waals surface area contributed by atoms with E-state index in [2.05, 4.69) is 6.58 Å². The van der Waals surface area contributed by atoms with Crippen molar-refractivity contribution in [1.82, 2.24) is 0 Å². The molecule has 0 fully saturated rings. The lowest BCUT2D eigenvalue weighted by Gasteiger charge is -2.11. The molecule has 4 heteroatoms. The second-order valence-corrected chi connectivity index (χ2v) is 2.48. The molecule has 0 aromatic heterocycles. The molecule has 0 rings (SSSR count). The van der Waals surface area contributed by atoms with Crippen molar-refractivity contribution in [3.8, 4) is 0 Å². The first-order valence-electron chi connectivity index (χ1n) is 4.43. The zero-order valence-corrected chi connectivity index (χ0v) is 8.80. The Morgan fingerprint density at radius 1 is 1.07 bits per heavy atom. The van der Waals surface area contributed by atoms with Gasteiger partial charge in [0.05, 0.1) is 0 Å². The predicted molar refractivity (Wildman–Crippen MR) is 55.8 cm³/mol. The average molecular weight is 210 g/mol. The van der Waals surface area contributed by atoms with Crippen molar-refractivity contribution in [2.45, 2.75) is 20.1 Å². The van der Waals surface area contributed by atoms with E-state index >= 15 is 0 Å². The van der Waals surface area contributed by atoms with Crippen molar-refractivity contribution in [3.05, 3.63) is 37.0 Å². The van der Waals surface area contributed by atoms with Crippen LogP contribution in [0, 0.1) is 0 Å². The normalized spacial score (nSPS) is 10.9. The Morgan fingerprint density at radius 3 is 1.73 bits per heavy atom. The lowest BCUT2D eigenvalue weighted by Crippen LogP contribution is -2.20. The number of carbonyl (C=O) groups is 2. The maximum atomic E-state index is 11.0. The van der Waals surface area contributed by atoms with Crippen LogP contribution in [0.25, 0.3) is 0 Å². The quantitative estimate of drug-likeness (QED) is 0.300. The Morgan fingerprint density at radius 2 is 1.47 bits per heavy atom. The Hall–Kier alpha value is -1.84. The van der Waals surface area contributed by atoms with Crippen LogP contribution in [0.3, 0.4) is 0 Å². The summed E-state index contributed by atoms with van der Waals surface area (Å²) < 4.78 is 9.47. The van der Waals surface area contributed by atoms with Crippen molar-refractivity contribution in [2.75, 3.05) is 0 Å². The van der Waals surface area contributed by atoms with Crippen LogP contribution in [0.4, 0.5) is 0 Å². The molecule has 0 heterocycles. The summed E-state index contributed by atoms with van der Waals surface area (Å²) in [5.41, 5.74) is 0. The van der Waals surface area contributed by atoms with Crippen LogP contribution in [0.2, 0.25) is 0 Å². The Labute approximate surface area is 88.9 Å². The van der Waals surface area contributed by atoms with E-state index in [1.54, 1.807) is 13.8 Å². The summed E-state index contributed by atoms with van der Waals surface area (Å²) in [7, 11) is 0. The molecule has 0 aliphatic carbocycles. The highest BCUT2D eigenvalue weighted by molar-refractivity contribution is 5.83. The number of hydrogen-bond donors (Lipinski definition) is 0. The van der Waals surface area contributed by atoms with Gasteiger partial charge >= 0.3 is 11.9 Å². The highest BCUT2D eigenvalue weighted by atomic mass is 16.7. The van der Waals surface area contributed by atoms with E-state index in [1.165, 1.54) is 30.4 Å². The molecule has 4 nitrogen and oxygen atoms in total. The van der Waals surface area contributed by atoms with Gasteiger partial charge in [0, 0.05) is 12.2 Å². The lowest BCUT2D eigenvalue weighted by molar-refractivity contribution is -0.172. The second kappa shape index (κ2) is 7.55. The fourth-order valence-electron chi connectivity index (χ4n) is 0.700. The van der Waals surface area contributed by atoms with E-state index in [9.17, 15) is 9.59 Å². The molecule has 0 aliphatic rings. The zero-order chi connectivity index (χ0) is 11.7. The molecule has 0 radical (unpaired) electrons.